The quantitative estimate of drug-likeness (QED) is 0.635. The number of hydrogen-bond donors (Lipinski definition) is 0. The lowest BCUT2D eigenvalue weighted by Crippen LogP contribution is -1.91. The molecule has 0 saturated carbocycles. The van der Waals surface area contributed by atoms with Crippen LogP contribution in [-0.2, 0) is 6.42 Å². The van der Waals surface area contributed by atoms with E-state index < -0.39 is 11.6 Å². The highest BCUT2D eigenvalue weighted by molar-refractivity contribution is 5.19. The highest BCUT2D eigenvalue weighted by Crippen LogP contribution is 2.11. The van der Waals surface area contributed by atoms with Gasteiger partial charge in [-0.3, -0.25) is 0 Å². The van der Waals surface area contributed by atoms with Crippen molar-refractivity contribution in [3.63, 3.8) is 0 Å². The summed E-state index contributed by atoms with van der Waals surface area (Å²) in [7, 11) is 0. The van der Waals surface area contributed by atoms with Crippen molar-refractivity contribution in [3.05, 3.63) is 35.4 Å². The maximum Gasteiger partial charge on any atom is 0.129 e. The number of hydrogen-bond acceptors (Lipinski definition) is 0. The Kier molecular flexibility index (Phi) is 14.3. The Morgan fingerprint density at radius 1 is 0.882 bits per heavy atom. The van der Waals surface area contributed by atoms with Crippen molar-refractivity contribution < 1.29 is 8.78 Å². The highest BCUT2D eigenvalue weighted by Gasteiger charge is 2.03. The smallest absolute Gasteiger partial charge is 0.129 e. The zero-order valence-corrected chi connectivity index (χ0v) is 11.8. The van der Waals surface area contributed by atoms with E-state index in [2.05, 4.69) is 13.8 Å². The summed E-state index contributed by atoms with van der Waals surface area (Å²) in [6.45, 7) is 10.1. The van der Waals surface area contributed by atoms with Crippen molar-refractivity contribution in [1.82, 2.24) is 0 Å². The van der Waals surface area contributed by atoms with E-state index in [0.29, 0.717) is 6.42 Å². The third-order valence-electron chi connectivity index (χ3n) is 2.12. The molecule has 0 amide bonds. The molecule has 1 aromatic rings. The molecule has 0 radical (unpaired) electrons. The summed E-state index contributed by atoms with van der Waals surface area (Å²) in [4.78, 5) is 0. The van der Waals surface area contributed by atoms with Crippen LogP contribution >= 0.6 is 0 Å². The molecule has 0 unspecified atom stereocenters. The lowest BCUT2D eigenvalue weighted by atomic mass is 10.1. The van der Waals surface area contributed by atoms with E-state index in [-0.39, 0.29) is 5.56 Å². The first kappa shape index (κ1) is 18.4. The molecule has 0 bridgehead atoms. The topological polar surface area (TPSA) is 0 Å². The lowest BCUT2D eigenvalue weighted by molar-refractivity contribution is 0.559. The Hall–Kier alpha value is -0.920. The molecule has 0 aliphatic rings. The van der Waals surface area contributed by atoms with Gasteiger partial charge in [0.15, 0.2) is 0 Å². The monoisotopic (exact) mass is 244 g/mol. The fraction of sp³-hybridized carbons (Fsp3) is 0.600. The molecule has 0 spiro atoms. The van der Waals surface area contributed by atoms with Crippen LogP contribution in [0.25, 0.3) is 0 Å². The molecule has 0 nitrogen and oxygen atoms in total. The maximum absolute atomic E-state index is 12.6. The van der Waals surface area contributed by atoms with Crippen LogP contribution in [0.2, 0.25) is 0 Å². The Morgan fingerprint density at radius 2 is 1.29 bits per heavy atom. The highest BCUT2D eigenvalue weighted by atomic mass is 19.1. The molecule has 0 atom stereocenters. The molecule has 0 N–H and O–H groups in total. The number of benzene rings is 1. The molecule has 0 aliphatic carbocycles. The second-order valence-corrected chi connectivity index (χ2v) is 3.41. The SMILES string of the molecule is CC.CCCCC.CCc1c(F)cccc1F. The van der Waals surface area contributed by atoms with Crippen LogP contribution in [0, 0.1) is 11.6 Å². The first-order chi connectivity index (χ1) is 8.17. The van der Waals surface area contributed by atoms with Crippen LogP contribution in [0.4, 0.5) is 8.78 Å². The molecule has 2 heteroatoms. The predicted octanol–water partition coefficient (Wildman–Crippen LogP) is 5.75. The van der Waals surface area contributed by atoms with Crippen molar-refractivity contribution in [1.29, 1.82) is 0 Å². The Bertz CT molecular complexity index is 247. The number of rotatable bonds is 3. The van der Waals surface area contributed by atoms with Crippen LogP contribution in [0.3, 0.4) is 0 Å². The number of halogens is 2. The van der Waals surface area contributed by atoms with E-state index in [1.54, 1.807) is 6.92 Å². The second kappa shape index (κ2) is 13.1. The van der Waals surface area contributed by atoms with E-state index >= 15 is 0 Å². The molecule has 1 rings (SSSR count). The summed E-state index contributed by atoms with van der Waals surface area (Å²) in [5, 5.41) is 0. The minimum Gasteiger partial charge on any atom is -0.207 e. The third kappa shape index (κ3) is 8.84. The van der Waals surface area contributed by atoms with E-state index in [1.807, 2.05) is 13.8 Å². The van der Waals surface area contributed by atoms with Crippen molar-refractivity contribution >= 4 is 0 Å². The molecule has 100 valence electrons. The van der Waals surface area contributed by atoms with Gasteiger partial charge >= 0.3 is 0 Å². The summed E-state index contributed by atoms with van der Waals surface area (Å²) in [6.07, 6.45) is 4.48. The van der Waals surface area contributed by atoms with Gasteiger partial charge in [0.25, 0.3) is 0 Å². The first-order valence-corrected chi connectivity index (χ1v) is 6.60. The van der Waals surface area contributed by atoms with Gasteiger partial charge in [0, 0.05) is 5.56 Å². The van der Waals surface area contributed by atoms with Crippen LogP contribution in [0.5, 0.6) is 0 Å². The van der Waals surface area contributed by atoms with Gasteiger partial charge in [0.05, 0.1) is 0 Å². The van der Waals surface area contributed by atoms with Gasteiger partial charge in [-0.2, -0.15) is 0 Å². The summed E-state index contributed by atoms with van der Waals surface area (Å²) >= 11 is 0. The summed E-state index contributed by atoms with van der Waals surface area (Å²) < 4.78 is 25.2. The Labute approximate surface area is 105 Å². The molecule has 0 fully saturated rings. The Morgan fingerprint density at radius 3 is 1.47 bits per heavy atom. The van der Waals surface area contributed by atoms with Gasteiger partial charge < -0.3 is 0 Å². The van der Waals surface area contributed by atoms with Crippen molar-refractivity contribution in [3.8, 4) is 0 Å². The molecule has 0 aromatic heterocycles. The van der Waals surface area contributed by atoms with Gasteiger partial charge in [-0.05, 0) is 18.6 Å². The summed E-state index contributed by atoms with van der Waals surface area (Å²) in [5.74, 6) is -0.912. The van der Waals surface area contributed by atoms with E-state index in [9.17, 15) is 8.78 Å². The molecular weight excluding hydrogens is 218 g/mol. The minimum absolute atomic E-state index is 0.169. The van der Waals surface area contributed by atoms with Gasteiger partial charge in [-0.1, -0.05) is 59.9 Å². The van der Waals surface area contributed by atoms with Crippen molar-refractivity contribution in [2.75, 3.05) is 0 Å². The molecular formula is C15H26F2. The van der Waals surface area contributed by atoms with E-state index in [0.717, 1.165) is 0 Å². The normalized spacial score (nSPS) is 8.65. The van der Waals surface area contributed by atoms with Gasteiger partial charge in [-0.25, -0.2) is 8.78 Å². The van der Waals surface area contributed by atoms with Gasteiger partial charge in [-0.15, -0.1) is 0 Å². The Balaban J connectivity index is 0. The van der Waals surface area contributed by atoms with Crippen LogP contribution in [-0.4, -0.2) is 0 Å². The molecule has 0 aliphatic heterocycles. The average Bonchev–Trinajstić information content (AvgIpc) is 2.34. The van der Waals surface area contributed by atoms with Crippen molar-refractivity contribution in [2.24, 2.45) is 0 Å². The maximum atomic E-state index is 12.6. The van der Waals surface area contributed by atoms with Crippen molar-refractivity contribution in [2.45, 2.75) is 60.3 Å². The predicted molar refractivity (Wildman–Crippen MR) is 72.3 cm³/mol. The zero-order valence-electron chi connectivity index (χ0n) is 11.8. The number of unbranched alkanes of at least 4 members (excludes halogenated alkanes) is 2. The summed E-state index contributed by atoms with van der Waals surface area (Å²) in [6, 6.07) is 3.90. The van der Waals surface area contributed by atoms with Crippen LogP contribution in [0.15, 0.2) is 18.2 Å². The lowest BCUT2D eigenvalue weighted by Gasteiger charge is -1.98. The fourth-order valence-corrected chi connectivity index (χ4v) is 1.22. The summed E-state index contributed by atoms with van der Waals surface area (Å²) in [5.41, 5.74) is 0.169. The van der Waals surface area contributed by atoms with E-state index in [1.165, 1.54) is 37.5 Å². The largest absolute Gasteiger partial charge is 0.207 e. The minimum atomic E-state index is -0.456. The third-order valence-corrected chi connectivity index (χ3v) is 2.12. The fourth-order valence-electron chi connectivity index (χ4n) is 1.22. The van der Waals surface area contributed by atoms with Crippen LogP contribution in [0.1, 0.15) is 59.4 Å². The molecule has 0 saturated heterocycles. The van der Waals surface area contributed by atoms with Crippen LogP contribution < -0.4 is 0 Å². The zero-order chi connectivity index (χ0) is 13.7. The molecule has 0 heterocycles. The van der Waals surface area contributed by atoms with Gasteiger partial charge in [0.1, 0.15) is 11.6 Å². The first-order valence-electron chi connectivity index (χ1n) is 6.60. The van der Waals surface area contributed by atoms with Gasteiger partial charge in [0.2, 0.25) is 0 Å². The second-order valence-electron chi connectivity index (χ2n) is 3.41. The average molecular weight is 244 g/mol. The van der Waals surface area contributed by atoms with E-state index in [4.69, 9.17) is 0 Å². The molecule has 17 heavy (non-hydrogen) atoms. The standard InChI is InChI=1S/C8H8F2.C5H12.C2H6/c1-2-6-7(9)4-3-5-8(6)10;1-3-5-4-2;1-2/h3-5H,2H2,1H3;3-5H2,1-2H3;1-2H3. The molecule has 1 aromatic carbocycles.